The van der Waals surface area contributed by atoms with Crippen LogP contribution in [0.4, 0.5) is 0 Å². The van der Waals surface area contributed by atoms with Crippen molar-refractivity contribution in [2.45, 2.75) is 37.8 Å². The second kappa shape index (κ2) is 5.50. The van der Waals surface area contributed by atoms with E-state index in [2.05, 4.69) is 5.32 Å². The van der Waals surface area contributed by atoms with Crippen molar-refractivity contribution < 1.29 is 19.4 Å². The van der Waals surface area contributed by atoms with Crippen molar-refractivity contribution >= 4 is 16.9 Å². The number of benzene rings is 1. The molecule has 0 unspecified atom stereocenters. The monoisotopic (exact) mass is 289 g/mol. The SMILES string of the molecule is O=C(O)c1c(CNC2(CO)CCCC2)oc2ccccc12. The summed E-state index contributed by atoms with van der Waals surface area (Å²) >= 11 is 0. The van der Waals surface area contributed by atoms with Crippen LogP contribution < -0.4 is 5.32 Å². The van der Waals surface area contributed by atoms with Crippen LogP contribution in [0.5, 0.6) is 0 Å². The molecule has 0 atom stereocenters. The number of aliphatic hydroxyl groups is 1. The van der Waals surface area contributed by atoms with Gasteiger partial charge >= 0.3 is 5.97 Å². The van der Waals surface area contributed by atoms with Gasteiger partial charge in [-0.25, -0.2) is 4.79 Å². The third-order valence-electron chi connectivity index (χ3n) is 4.37. The highest BCUT2D eigenvalue weighted by atomic mass is 16.4. The van der Waals surface area contributed by atoms with Crippen LogP contribution in [0, 0.1) is 0 Å². The normalized spacial score (nSPS) is 17.4. The summed E-state index contributed by atoms with van der Waals surface area (Å²) in [4.78, 5) is 11.5. The van der Waals surface area contributed by atoms with E-state index in [0.29, 0.717) is 23.3 Å². The molecule has 1 aliphatic rings. The quantitative estimate of drug-likeness (QED) is 0.788. The van der Waals surface area contributed by atoms with Crippen LogP contribution in [0.3, 0.4) is 0 Å². The fourth-order valence-corrected chi connectivity index (χ4v) is 3.17. The maximum absolute atomic E-state index is 11.5. The number of carboxylic acids is 1. The summed E-state index contributed by atoms with van der Waals surface area (Å²) in [5.41, 5.74) is 0.495. The van der Waals surface area contributed by atoms with Gasteiger partial charge < -0.3 is 19.9 Å². The van der Waals surface area contributed by atoms with E-state index in [1.54, 1.807) is 18.2 Å². The number of carboxylic acid groups (broad SMARTS) is 1. The zero-order chi connectivity index (χ0) is 14.9. The third-order valence-corrected chi connectivity index (χ3v) is 4.37. The van der Waals surface area contributed by atoms with Crippen LogP contribution in [-0.4, -0.2) is 28.3 Å². The topological polar surface area (TPSA) is 82.7 Å². The number of aliphatic hydroxyl groups excluding tert-OH is 1. The second-order valence-corrected chi connectivity index (χ2v) is 5.70. The maximum Gasteiger partial charge on any atom is 0.339 e. The zero-order valence-electron chi connectivity index (χ0n) is 11.8. The number of fused-ring (bicyclic) bond motifs is 1. The Morgan fingerprint density at radius 3 is 2.67 bits per heavy atom. The number of carbonyl (C=O) groups is 1. The highest BCUT2D eigenvalue weighted by molar-refractivity contribution is 6.03. The number of hydrogen-bond donors (Lipinski definition) is 3. The molecule has 1 aromatic carbocycles. The van der Waals surface area contributed by atoms with Gasteiger partial charge in [0.25, 0.3) is 0 Å². The molecule has 3 rings (SSSR count). The summed E-state index contributed by atoms with van der Waals surface area (Å²) in [5, 5.41) is 23.0. The Bertz CT molecular complexity index is 655. The van der Waals surface area contributed by atoms with Crippen LogP contribution in [0.25, 0.3) is 11.0 Å². The molecule has 1 aliphatic carbocycles. The molecule has 0 aliphatic heterocycles. The average Bonchev–Trinajstić information content (AvgIpc) is 3.09. The second-order valence-electron chi connectivity index (χ2n) is 5.70. The van der Waals surface area contributed by atoms with Gasteiger partial charge in [-0.2, -0.15) is 0 Å². The molecule has 1 saturated carbocycles. The molecule has 2 aromatic rings. The van der Waals surface area contributed by atoms with Crippen LogP contribution in [0.2, 0.25) is 0 Å². The fourth-order valence-electron chi connectivity index (χ4n) is 3.17. The van der Waals surface area contributed by atoms with Gasteiger partial charge in [0.05, 0.1) is 13.2 Å². The summed E-state index contributed by atoms with van der Waals surface area (Å²) in [5.74, 6) is -0.565. The predicted molar refractivity (Wildman–Crippen MR) is 78.3 cm³/mol. The minimum Gasteiger partial charge on any atom is -0.478 e. The van der Waals surface area contributed by atoms with Crippen molar-refractivity contribution in [2.24, 2.45) is 0 Å². The smallest absolute Gasteiger partial charge is 0.339 e. The average molecular weight is 289 g/mol. The van der Waals surface area contributed by atoms with E-state index in [1.807, 2.05) is 6.07 Å². The van der Waals surface area contributed by atoms with Gasteiger partial charge in [0.15, 0.2) is 0 Å². The minimum atomic E-state index is -0.985. The molecule has 1 heterocycles. The maximum atomic E-state index is 11.5. The van der Waals surface area contributed by atoms with Crippen molar-refractivity contribution in [1.29, 1.82) is 0 Å². The van der Waals surface area contributed by atoms with Gasteiger partial charge in [-0.05, 0) is 18.9 Å². The molecule has 21 heavy (non-hydrogen) atoms. The first-order valence-electron chi connectivity index (χ1n) is 7.25. The Morgan fingerprint density at radius 2 is 2.00 bits per heavy atom. The van der Waals surface area contributed by atoms with Crippen molar-refractivity contribution in [1.82, 2.24) is 5.32 Å². The predicted octanol–water partition coefficient (Wildman–Crippen LogP) is 2.53. The molecule has 0 bridgehead atoms. The van der Waals surface area contributed by atoms with Crippen LogP contribution in [0.1, 0.15) is 41.8 Å². The van der Waals surface area contributed by atoms with E-state index in [9.17, 15) is 15.0 Å². The van der Waals surface area contributed by atoms with Crippen molar-refractivity contribution in [2.75, 3.05) is 6.61 Å². The standard InChI is InChI=1S/C16H19NO4/c18-10-16(7-3-4-8-16)17-9-13-14(15(19)20)11-5-1-2-6-12(11)21-13/h1-2,5-6,17-18H,3-4,7-10H2,(H,19,20). The van der Waals surface area contributed by atoms with Gasteiger partial charge in [-0.1, -0.05) is 31.0 Å². The van der Waals surface area contributed by atoms with Crippen LogP contribution >= 0.6 is 0 Å². The number of rotatable bonds is 5. The Labute approximate surface area is 122 Å². The summed E-state index contributed by atoms with van der Waals surface area (Å²) in [6, 6.07) is 7.14. The molecular formula is C16H19NO4. The van der Waals surface area contributed by atoms with Crippen LogP contribution in [0.15, 0.2) is 28.7 Å². The molecule has 0 saturated heterocycles. The first-order valence-corrected chi connectivity index (χ1v) is 7.25. The van der Waals surface area contributed by atoms with E-state index in [-0.39, 0.29) is 17.7 Å². The van der Waals surface area contributed by atoms with Crippen molar-refractivity contribution in [3.8, 4) is 0 Å². The fraction of sp³-hybridized carbons (Fsp3) is 0.438. The lowest BCUT2D eigenvalue weighted by Crippen LogP contribution is -2.45. The minimum absolute atomic E-state index is 0.0651. The highest BCUT2D eigenvalue weighted by Crippen LogP contribution is 2.31. The van der Waals surface area contributed by atoms with Crippen molar-refractivity contribution in [3.63, 3.8) is 0 Å². The number of aromatic carboxylic acids is 1. The largest absolute Gasteiger partial charge is 0.478 e. The molecule has 3 N–H and O–H groups in total. The van der Waals surface area contributed by atoms with Gasteiger partial charge in [0, 0.05) is 10.9 Å². The summed E-state index contributed by atoms with van der Waals surface area (Å²) < 4.78 is 5.68. The number of furan rings is 1. The Morgan fingerprint density at radius 1 is 1.29 bits per heavy atom. The Kier molecular flexibility index (Phi) is 3.69. The van der Waals surface area contributed by atoms with Gasteiger partial charge in [0.2, 0.25) is 0 Å². The van der Waals surface area contributed by atoms with Crippen molar-refractivity contribution in [3.05, 3.63) is 35.6 Å². The molecule has 5 heteroatoms. The first-order chi connectivity index (χ1) is 10.2. The molecule has 0 amide bonds. The summed E-state index contributed by atoms with van der Waals surface area (Å²) in [7, 11) is 0. The van der Waals surface area contributed by atoms with E-state index >= 15 is 0 Å². The number of nitrogens with one attached hydrogen (secondary N) is 1. The molecule has 112 valence electrons. The zero-order valence-corrected chi connectivity index (χ0v) is 11.8. The number of hydrogen-bond acceptors (Lipinski definition) is 4. The summed E-state index contributed by atoms with van der Waals surface area (Å²) in [6.45, 7) is 0.381. The van der Waals surface area contributed by atoms with Gasteiger partial charge in [-0.3, -0.25) is 0 Å². The van der Waals surface area contributed by atoms with E-state index in [4.69, 9.17) is 4.42 Å². The van der Waals surface area contributed by atoms with Gasteiger partial charge in [-0.15, -0.1) is 0 Å². The Balaban J connectivity index is 1.90. The molecule has 5 nitrogen and oxygen atoms in total. The molecule has 1 fully saturated rings. The summed E-state index contributed by atoms with van der Waals surface area (Å²) in [6.07, 6.45) is 3.98. The molecule has 1 aromatic heterocycles. The van der Waals surface area contributed by atoms with Gasteiger partial charge in [0.1, 0.15) is 16.9 Å². The lowest BCUT2D eigenvalue weighted by Gasteiger charge is -2.27. The highest BCUT2D eigenvalue weighted by Gasteiger charge is 2.33. The van der Waals surface area contributed by atoms with Crippen LogP contribution in [-0.2, 0) is 6.54 Å². The molecule has 0 radical (unpaired) electrons. The van der Waals surface area contributed by atoms with E-state index in [1.165, 1.54) is 0 Å². The molecular weight excluding hydrogens is 270 g/mol. The lowest BCUT2D eigenvalue weighted by atomic mass is 9.98. The number of para-hydroxylation sites is 1. The molecule has 0 spiro atoms. The van der Waals surface area contributed by atoms with E-state index < -0.39 is 5.97 Å². The lowest BCUT2D eigenvalue weighted by molar-refractivity contribution is 0.0695. The Hall–Kier alpha value is -1.85. The first kappa shape index (κ1) is 14.1. The third kappa shape index (κ3) is 2.54. The van der Waals surface area contributed by atoms with E-state index in [0.717, 1.165) is 25.7 Å².